The molecule has 2 nitrogen and oxygen atoms in total. The molecule has 0 aliphatic heterocycles. The lowest BCUT2D eigenvalue weighted by atomic mass is 10.1. The van der Waals surface area contributed by atoms with E-state index in [0.717, 1.165) is 16.5 Å². The summed E-state index contributed by atoms with van der Waals surface area (Å²) in [6.45, 7) is 0. The van der Waals surface area contributed by atoms with Crippen LogP contribution < -0.4 is 0 Å². The molecule has 0 radical (unpaired) electrons. The van der Waals surface area contributed by atoms with Gasteiger partial charge in [-0.1, -0.05) is 28.1 Å². The number of halogens is 1. The monoisotopic (exact) mass is 248 g/mol. The van der Waals surface area contributed by atoms with Crippen molar-refractivity contribution in [1.82, 2.24) is 4.98 Å². The SMILES string of the molecule is N=C(CBr)c1ccc2ncccc2c1. The number of hydrogen-bond donors (Lipinski definition) is 1. The fourth-order valence-electron chi connectivity index (χ4n) is 1.34. The number of rotatable bonds is 2. The summed E-state index contributed by atoms with van der Waals surface area (Å²) in [6.07, 6.45) is 1.78. The van der Waals surface area contributed by atoms with E-state index in [9.17, 15) is 0 Å². The van der Waals surface area contributed by atoms with Gasteiger partial charge in [-0.15, -0.1) is 0 Å². The van der Waals surface area contributed by atoms with Gasteiger partial charge in [0.25, 0.3) is 0 Å². The number of benzene rings is 1. The Morgan fingerprint density at radius 2 is 2.21 bits per heavy atom. The van der Waals surface area contributed by atoms with Crippen LogP contribution in [0.25, 0.3) is 10.9 Å². The second kappa shape index (κ2) is 3.88. The van der Waals surface area contributed by atoms with Gasteiger partial charge >= 0.3 is 0 Å². The molecule has 0 bridgehead atoms. The summed E-state index contributed by atoms with van der Waals surface area (Å²) in [4.78, 5) is 4.23. The van der Waals surface area contributed by atoms with Crippen LogP contribution in [0, 0.1) is 5.41 Å². The van der Waals surface area contributed by atoms with Crippen molar-refractivity contribution in [3.63, 3.8) is 0 Å². The van der Waals surface area contributed by atoms with Crippen molar-refractivity contribution in [2.45, 2.75) is 0 Å². The van der Waals surface area contributed by atoms with Crippen LogP contribution in [0.2, 0.25) is 0 Å². The number of nitrogens with zero attached hydrogens (tertiary/aromatic N) is 1. The largest absolute Gasteiger partial charge is 0.304 e. The summed E-state index contributed by atoms with van der Waals surface area (Å²) in [5, 5.41) is 9.35. The van der Waals surface area contributed by atoms with Crippen LogP contribution in [0.1, 0.15) is 5.56 Å². The predicted molar refractivity (Wildman–Crippen MR) is 62.4 cm³/mol. The molecule has 0 saturated heterocycles. The number of nitrogens with one attached hydrogen (secondary N) is 1. The van der Waals surface area contributed by atoms with Crippen LogP contribution >= 0.6 is 15.9 Å². The Hall–Kier alpha value is -1.22. The molecular weight excluding hydrogens is 240 g/mol. The fraction of sp³-hybridized carbons (Fsp3) is 0.0909. The maximum Gasteiger partial charge on any atom is 0.0702 e. The molecule has 1 N–H and O–H groups in total. The number of hydrogen-bond acceptors (Lipinski definition) is 2. The first kappa shape index (κ1) is 9.34. The van der Waals surface area contributed by atoms with Crippen LogP contribution in [0.4, 0.5) is 0 Å². The number of pyridine rings is 1. The third-order valence-electron chi connectivity index (χ3n) is 2.09. The third kappa shape index (κ3) is 1.68. The Bertz CT molecular complexity index is 479. The van der Waals surface area contributed by atoms with Gasteiger partial charge in [0.1, 0.15) is 0 Å². The van der Waals surface area contributed by atoms with Crippen molar-refractivity contribution in [3.05, 3.63) is 42.1 Å². The van der Waals surface area contributed by atoms with Gasteiger partial charge in [-0.25, -0.2) is 0 Å². The Balaban J connectivity index is 2.56. The summed E-state index contributed by atoms with van der Waals surface area (Å²) in [5.74, 6) is 0. The van der Waals surface area contributed by atoms with E-state index in [4.69, 9.17) is 5.41 Å². The quantitative estimate of drug-likeness (QED) is 0.644. The first-order valence-corrected chi connectivity index (χ1v) is 5.42. The van der Waals surface area contributed by atoms with Crippen molar-refractivity contribution < 1.29 is 0 Å². The zero-order valence-corrected chi connectivity index (χ0v) is 9.08. The maximum absolute atomic E-state index is 7.69. The molecule has 3 heteroatoms. The van der Waals surface area contributed by atoms with E-state index in [1.54, 1.807) is 6.20 Å². The summed E-state index contributed by atoms with van der Waals surface area (Å²) >= 11 is 3.28. The predicted octanol–water partition coefficient (Wildman–Crippen LogP) is 3.00. The van der Waals surface area contributed by atoms with Gasteiger partial charge in [0.05, 0.1) is 5.52 Å². The van der Waals surface area contributed by atoms with Gasteiger partial charge in [0, 0.05) is 22.6 Å². The lowest BCUT2D eigenvalue weighted by molar-refractivity contribution is 1.40. The maximum atomic E-state index is 7.69. The molecular formula is C11H9BrN2. The Morgan fingerprint density at radius 3 is 3.00 bits per heavy atom. The molecule has 0 fully saturated rings. The molecule has 0 aliphatic carbocycles. The van der Waals surface area contributed by atoms with E-state index in [2.05, 4.69) is 20.9 Å². The van der Waals surface area contributed by atoms with Crippen molar-refractivity contribution in [1.29, 1.82) is 5.41 Å². The number of aromatic nitrogens is 1. The molecule has 14 heavy (non-hydrogen) atoms. The Labute approximate surface area is 90.6 Å². The van der Waals surface area contributed by atoms with Crippen molar-refractivity contribution in [2.75, 3.05) is 5.33 Å². The van der Waals surface area contributed by atoms with Crippen LogP contribution in [0.15, 0.2) is 36.5 Å². The minimum Gasteiger partial charge on any atom is -0.304 e. The lowest BCUT2D eigenvalue weighted by Gasteiger charge is -2.01. The van der Waals surface area contributed by atoms with Gasteiger partial charge in [-0.05, 0) is 23.8 Å². The second-order valence-electron chi connectivity index (χ2n) is 3.02. The molecule has 0 atom stereocenters. The molecule has 0 unspecified atom stereocenters. The van der Waals surface area contributed by atoms with Crippen LogP contribution in [0.3, 0.4) is 0 Å². The highest BCUT2D eigenvalue weighted by Crippen LogP contribution is 2.14. The van der Waals surface area contributed by atoms with Crippen molar-refractivity contribution in [2.24, 2.45) is 0 Å². The van der Waals surface area contributed by atoms with Gasteiger partial charge in [-0.3, -0.25) is 4.98 Å². The molecule has 0 spiro atoms. The fourth-order valence-corrected chi connectivity index (χ4v) is 1.66. The lowest BCUT2D eigenvalue weighted by Crippen LogP contribution is -1.99. The zero-order chi connectivity index (χ0) is 9.97. The first-order chi connectivity index (χ1) is 6.81. The van der Waals surface area contributed by atoms with Crippen molar-refractivity contribution >= 4 is 32.5 Å². The molecule has 2 aromatic rings. The molecule has 2 rings (SSSR count). The second-order valence-corrected chi connectivity index (χ2v) is 3.58. The summed E-state index contributed by atoms with van der Waals surface area (Å²) in [7, 11) is 0. The smallest absolute Gasteiger partial charge is 0.0702 e. The molecule has 70 valence electrons. The summed E-state index contributed by atoms with van der Waals surface area (Å²) < 4.78 is 0. The normalized spacial score (nSPS) is 10.4. The summed E-state index contributed by atoms with van der Waals surface area (Å²) in [6, 6.07) is 9.78. The highest BCUT2D eigenvalue weighted by Gasteiger charge is 2.00. The van der Waals surface area contributed by atoms with Gasteiger partial charge in [-0.2, -0.15) is 0 Å². The van der Waals surface area contributed by atoms with Gasteiger partial charge in [0.15, 0.2) is 0 Å². The van der Waals surface area contributed by atoms with Crippen LogP contribution in [-0.4, -0.2) is 16.0 Å². The topological polar surface area (TPSA) is 36.7 Å². The Morgan fingerprint density at radius 1 is 1.36 bits per heavy atom. The van der Waals surface area contributed by atoms with Crippen LogP contribution in [-0.2, 0) is 0 Å². The standard InChI is InChI=1S/C11H9BrN2/c12-7-10(13)8-3-4-11-9(6-8)2-1-5-14-11/h1-6,13H,7H2. The van der Waals surface area contributed by atoms with E-state index in [1.165, 1.54) is 0 Å². The molecule has 0 aliphatic rings. The minimum absolute atomic E-state index is 0.582. The average Bonchev–Trinajstić information content (AvgIpc) is 2.27. The number of alkyl halides is 1. The molecule has 1 heterocycles. The first-order valence-electron chi connectivity index (χ1n) is 4.30. The number of fused-ring (bicyclic) bond motifs is 1. The minimum atomic E-state index is 0.582. The van der Waals surface area contributed by atoms with E-state index >= 15 is 0 Å². The highest BCUT2D eigenvalue weighted by molar-refractivity contribution is 9.09. The van der Waals surface area contributed by atoms with E-state index in [0.29, 0.717) is 11.0 Å². The third-order valence-corrected chi connectivity index (χ3v) is 2.65. The average molecular weight is 249 g/mol. The van der Waals surface area contributed by atoms with E-state index in [-0.39, 0.29) is 0 Å². The van der Waals surface area contributed by atoms with E-state index in [1.807, 2.05) is 30.3 Å². The highest BCUT2D eigenvalue weighted by atomic mass is 79.9. The molecule has 0 saturated carbocycles. The van der Waals surface area contributed by atoms with Gasteiger partial charge < -0.3 is 5.41 Å². The van der Waals surface area contributed by atoms with E-state index < -0.39 is 0 Å². The van der Waals surface area contributed by atoms with Crippen molar-refractivity contribution in [3.8, 4) is 0 Å². The summed E-state index contributed by atoms with van der Waals surface area (Å²) in [5.41, 5.74) is 2.51. The molecule has 1 aromatic heterocycles. The van der Waals surface area contributed by atoms with Gasteiger partial charge in [0.2, 0.25) is 0 Å². The molecule has 0 amide bonds. The zero-order valence-electron chi connectivity index (χ0n) is 7.50. The Kier molecular flexibility index (Phi) is 2.59. The van der Waals surface area contributed by atoms with Crippen LogP contribution in [0.5, 0.6) is 0 Å². The molecule has 1 aromatic carbocycles.